The van der Waals surface area contributed by atoms with E-state index in [0.29, 0.717) is 18.3 Å². The van der Waals surface area contributed by atoms with Crippen molar-refractivity contribution in [2.24, 2.45) is 0 Å². The molecule has 0 aliphatic rings. The molecule has 0 radical (unpaired) electrons. The first-order valence-electron chi connectivity index (χ1n) is 5.61. The Morgan fingerprint density at radius 3 is 2.71 bits per heavy atom. The second kappa shape index (κ2) is 5.84. The van der Waals surface area contributed by atoms with Gasteiger partial charge in [-0.25, -0.2) is 4.79 Å². The fourth-order valence-electron chi connectivity index (χ4n) is 1.70. The van der Waals surface area contributed by atoms with E-state index in [2.05, 4.69) is 17.1 Å². The van der Waals surface area contributed by atoms with Gasteiger partial charge in [-0.3, -0.25) is 0 Å². The Morgan fingerprint density at radius 1 is 1.59 bits per heavy atom. The van der Waals surface area contributed by atoms with Crippen molar-refractivity contribution in [3.05, 3.63) is 23.2 Å². The lowest BCUT2D eigenvalue weighted by molar-refractivity contribution is 0.0661. The molecule has 0 saturated carbocycles. The van der Waals surface area contributed by atoms with Crippen LogP contribution in [0.3, 0.4) is 0 Å². The SMILES string of the molecule is Cc1oc(C(=O)O)cc1CNC(C)CN(C)C. The highest BCUT2D eigenvalue weighted by Crippen LogP contribution is 2.14. The molecular weight excluding hydrogens is 220 g/mol. The number of carboxylic acid groups (broad SMARTS) is 1. The van der Waals surface area contributed by atoms with Crippen molar-refractivity contribution in [3.63, 3.8) is 0 Å². The number of hydrogen-bond donors (Lipinski definition) is 2. The second-order valence-electron chi connectivity index (χ2n) is 4.54. The van der Waals surface area contributed by atoms with E-state index >= 15 is 0 Å². The first kappa shape index (κ1) is 13.7. The summed E-state index contributed by atoms with van der Waals surface area (Å²) < 4.78 is 5.14. The summed E-state index contributed by atoms with van der Waals surface area (Å²) in [5, 5.41) is 12.1. The van der Waals surface area contributed by atoms with Crippen molar-refractivity contribution >= 4 is 5.97 Å². The summed E-state index contributed by atoms with van der Waals surface area (Å²) >= 11 is 0. The fourth-order valence-corrected chi connectivity index (χ4v) is 1.70. The monoisotopic (exact) mass is 240 g/mol. The largest absolute Gasteiger partial charge is 0.475 e. The summed E-state index contributed by atoms with van der Waals surface area (Å²) in [7, 11) is 4.04. The van der Waals surface area contributed by atoms with Gasteiger partial charge < -0.3 is 19.7 Å². The number of aryl methyl sites for hydroxylation is 1. The van der Waals surface area contributed by atoms with Crippen LogP contribution in [-0.2, 0) is 6.54 Å². The van der Waals surface area contributed by atoms with Gasteiger partial charge in [0, 0.05) is 24.7 Å². The Hall–Kier alpha value is -1.33. The maximum absolute atomic E-state index is 10.7. The van der Waals surface area contributed by atoms with E-state index < -0.39 is 5.97 Å². The molecule has 0 aliphatic carbocycles. The van der Waals surface area contributed by atoms with Crippen LogP contribution in [-0.4, -0.2) is 42.7 Å². The highest BCUT2D eigenvalue weighted by atomic mass is 16.4. The van der Waals surface area contributed by atoms with Gasteiger partial charge in [-0.1, -0.05) is 0 Å². The summed E-state index contributed by atoms with van der Waals surface area (Å²) in [5.74, 6) is -0.368. The van der Waals surface area contributed by atoms with E-state index in [0.717, 1.165) is 12.1 Å². The van der Waals surface area contributed by atoms with Crippen LogP contribution in [0.1, 0.15) is 28.8 Å². The first-order chi connectivity index (χ1) is 7.90. The predicted molar refractivity (Wildman–Crippen MR) is 65.3 cm³/mol. The Kier molecular flexibility index (Phi) is 4.72. The molecule has 1 unspecified atom stereocenters. The summed E-state index contributed by atoms with van der Waals surface area (Å²) in [6.45, 7) is 5.42. The van der Waals surface area contributed by atoms with Gasteiger partial charge in [0.15, 0.2) is 0 Å². The van der Waals surface area contributed by atoms with E-state index in [1.54, 1.807) is 13.0 Å². The van der Waals surface area contributed by atoms with Gasteiger partial charge in [0.1, 0.15) is 5.76 Å². The Balaban J connectivity index is 2.54. The van der Waals surface area contributed by atoms with Gasteiger partial charge >= 0.3 is 5.97 Å². The van der Waals surface area contributed by atoms with E-state index in [1.165, 1.54) is 0 Å². The number of nitrogens with one attached hydrogen (secondary N) is 1. The first-order valence-corrected chi connectivity index (χ1v) is 5.61. The highest BCUT2D eigenvalue weighted by molar-refractivity contribution is 5.84. The molecular formula is C12H20N2O3. The van der Waals surface area contributed by atoms with Crippen LogP contribution in [0, 0.1) is 6.92 Å². The van der Waals surface area contributed by atoms with Crippen molar-refractivity contribution < 1.29 is 14.3 Å². The fraction of sp³-hybridized carbons (Fsp3) is 0.583. The normalized spacial score (nSPS) is 13.0. The molecule has 96 valence electrons. The van der Waals surface area contributed by atoms with Crippen molar-refractivity contribution in [2.45, 2.75) is 26.4 Å². The molecule has 0 saturated heterocycles. The number of rotatable bonds is 6. The van der Waals surface area contributed by atoms with Crippen molar-refractivity contribution in [3.8, 4) is 0 Å². The van der Waals surface area contributed by atoms with Crippen LogP contribution in [0.2, 0.25) is 0 Å². The second-order valence-corrected chi connectivity index (χ2v) is 4.54. The lowest BCUT2D eigenvalue weighted by atomic mass is 10.2. The number of hydrogen-bond acceptors (Lipinski definition) is 4. The van der Waals surface area contributed by atoms with E-state index in [4.69, 9.17) is 9.52 Å². The summed E-state index contributed by atoms with van der Waals surface area (Å²) in [6.07, 6.45) is 0. The molecule has 0 bridgehead atoms. The lowest BCUT2D eigenvalue weighted by Gasteiger charge is -2.17. The predicted octanol–water partition coefficient (Wildman–Crippen LogP) is 1.33. The van der Waals surface area contributed by atoms with Gasteiger partial charge in [-0.2, -0.15) is 0 Å². The third-order valence-electron chi connectivity index (χ3n) is 2.51. The topological polar surface area (TPSA) is 65.7 Å². The number of carbonyl (C=O) groups is 1. The summed E-state index contributed by atoms with van der Waals surface area (Å²) in [6, 6.07) is 1.92. The van der Waals surface area contributed by atoms with E-state index in [1.807, 2.05) is 14.1 Å². The van der Waals surface area contributed by atoms with Crippen LogP contribution in [0.25, 0.3) is 0 Å². The number of likely N-dealkylation sites (N-methyl/N-ethyl adjacent to an activating group) is 1. The summed E-state index contributed by atoms with van der Waals surface area (Å²) in [5.41, 5.74) is 0.896. The molecule has 5 nitrogen and oxygen atoms in total. The molecule has 1 atom stereocenters. The number of nitrogens with zero attached hydrogens (tertiary/aromatic N) is 1. The minimum Gasteiger partial charge on any atom is -0.475 e. The number of aromatic carboxylic acids is 1. The van der Waals surface area contributed by atoms with Crippen LogP contribution >= 0.6 is 0 Å². The quantitative estimate of drug-likeness (QED) is 0.785. The van der Waals surface area contributed by atoms with Crippen molar-refractivity contribution in [1.29, 1.82) is 0 Å². The summed E-state index contributed by atoms with van der Waals surface area (Å²) in [4.78, 5) is 12.8. The van der Waals surface area contributed by atoms with Crippen molar-refractivity contribution in [1.82, 2.24) is 10.2 Å². The third-order valence-corrected chi connectivity index (χ3v) is 2.51. The molecule has 2 N–H and O–H groups in total. The van der Waals surface area contributed by atoms with Crippen LogP contribution < -0.4 is 5.32 Å². The Morgan fingerprint density at radius 2 is 2.24 bits per heavy atom. The standard InChI is InChI=1S/C12H20N2O3/c1-8(7-14(3)4)13-6-10-5-11(12(15)16)17-9(10)2/h5,8,13H,6-7H2,1-4H3,(H,15,16). The van der Waals surface area contributed by atoms with Crippen LogP contribution in [0.5, 0.6) is 0 Å². The molecule has 5 heteroatoms. The smallest absolute Gasteiger partial charge is 0.371 e. The van der Waals surface area contributed by atoms with Crippen LogP contribution in [0.15, 0.2) is 10.5 Å². The zero-order valence-corrected chi connectivity index (χ0v) is 10.8. The Labute approximate surface area is 101 Å². The molecule has 1 aromatic rings. The minimum absolute atomic E-state index is 0.000405. The molecule has 17 heavy (non-hydrogen) atoms. The molecule has 0 aromatic carbocycles. The van der Waals surface area contributed by atoms with Gasteiger partial charge in [0.2, 0.25) is 5.76 Å². The average Bonchev–Trinajstić information content (AvgIpc) is 2.56. The van der Waals surface area contributed by atoms with Crippen LogP contribution in [0.4, 0.5) is 0 Å². The molecule has 0 spiro atoms. The number of carboxylic acids is 1. The molecule has 0 fully saturated rings. The maximum atomic E-state index is 10.7. The van der Waals surface area contributed by atoms with Crippen molar-refractivity contribution in [2.75, 3.05) is 20.6 Å². The Bertz CT molecular complexity index is 385. The van der Waals surface area contributed by atoms with Gasteiger partial charge in [-0.05, 0) is 34.0 Å². The zero-order valence-electron chi connectivity index (χ0n) is 10.8. The molecule has 1 heterocycles. The molecule has 1 rings (SSSR count). The van der Waals surface area contributed by atoms with E-state index in [-0.39, 0.29) is 5.76 Å². The lowest BCUT2D eigenvalue weighted by Crippen LogP contribution is -2.35. The zero-order chi connectivity index (χ0) is 13.0. The van der Waals surface area contributed by atoms with E-state index in [9.17, 15) is 4.79 Å². The molecule has 0 amide bonds. The van der Waals surface area contributed by atoms with Gasteiger partial charge in [0.25, 0.3) is 0 Å². The minimum atomic E-state index is -1.03. The van der Waals surface area contributed by atoms with Gasteiger partial charge in [-0.15, -0.1) is 0 Å². The molecule has 1 aromatic heterocycles. The third kappa shape index (κ3) is 4.20. The average molecular weight is 240 g/mol. The maximum Gasteiger partial charge on any atom is 0.371 e. The highest BCUT2D eigenvalue weighted by Gasteiger charge is 2.13. The molecule has 0 aliphatic heterocycles. The number of furan rings is 1. The van der Waals surface area contributed by atoms with Gasteiger partial charge in [0.05, 0.1) is 0 Å².